The Morgan fingerprint density at radius 2 is 2.31 bits per heavy atom. The van der Waals surface area contributed by atoms with Crippen LogP contribution in [0.25, 0.3) is 11.0 Å². The Bertz CT molecular complexity index is 500. The Morgan fingerprint density at radius 1 is 1.38 bits per heavy atom. The highest BCUT2D eigenvalue weighted by molar-refractivity contribution is 6.31. The summed E-state index contributed by atoms with van der Waals surface area (Å²) >= 11 is 5.95. The van der Waals surface area contributed by atoms with Crippen LogP contribution < -0.4 is 5.32 Å². The van der Waals surface area contributed by atoms with Crippen molar-refractivity contribution in [1.82, 2.24) is 15.3 Å². The number of H-pyrrole nitrogens is 1. The highest BCUT2D eigenvalue weighted by atomic mass is 35.5. The highest BCUT2D eigenvalue weighted by Crippen LogP contribution is 2.24. The lowest BCUT2D eigenvalue weighted by atomic mass is 9.99. The van der Waals surface area contributed by atoms with Gasteiger partial charge in [-0.25, -0.2) is 4.98 Å². The molecule has 3 rings (SSSR count). The second kappa shape index (κ2) is 4.07. The van der Waals surface area contributed by atoms with E-state index in [0.717, 1.165) is 35.0 Å². The van der Waals surface area contributed by atoms with Crippen LogP contribution in [0.3, 0.4) is 0 Å². The van der Waals surface area contributed by atoms with Crippen molar-refractivity contribution in [2.45, 2.75) is 18.8 Å². The Balaban J connectivity index is 1.97. The second-order valence-electron chi connectivity index (χ2n) is 4.33. The van der Waals surface area contributed by atoms with Crippen molar-refractivity contribution < 1.29 is 0 Å². The molecule has 2 aromatic rings. The molecule has 3 nitrogen and oxygen atoms in total. The molecular weight excluding hydrogens is 222 g/mol. The Kier molecular flexibility index (Phi) is 2.58. The van der Waals surface area contributed by atoms with Crippen molar-refractivity contribution in [3.8, 4) is 0 Å². The maximum Gasteiger partial charge on any atom is 0.111 e. The maximum atomic E-state index is 5.95. The number of fused-ring (bicyclic) bond motifs is 1. The minimum atomic E-state index is 0.514. The number of piperidine rings is 1. The standard InChI is InChI=1S/C12H14ClN3/c13-9-3-4-10-11(6-9)16-12(15-10)8-2-1-5-14-7-8/h3-4,6,8,14H,1-2,5,7H2,(H,15,16). The summed E-state index contributed by atoms with van der Waals surface area (Å²) < 4.78 is 0. The van der Waals surface area contributed by atoms with E-state index in [4.69, 9.17) is 11.6 Å². The molecule has 1 aromatic heterocycles. The lowest BCUT2D eigenvalue weighted by molar-refractivity contribution is 0.449. The molecule has 1 aliphatic heterocycles. The minimum Gasteiger partial charge on any atom is -0.342 e. The number of imidazole rings is 1. The zero-order valence-electron chi connectivity index (χ0n) is 8.96. The predicted octanol–water partition coefficient (Wildman–Crippen LogP) is 2.68. The van der Waals surface area contributed by atoms with Crippen LogP contribution in [-0.4, -0.2) is 23.1 Å². The van der Waals surface area contributed by atoms with E-state index in [9.17, 15) is 0 Å². The van der Waals surface area contributed by atoms with Crippen LogP contribution in [0.5, 0.6) is 0 Å². The number of nitrogens with one attached hydrogen (secondary N) is 2. The summed E-state index contributed by atoms with van der Waals surface area (Å²) in [7, 11) is 0. The highest BCUT2D eigenvalue weighted by Gasteiger charge is 2.18. The Hall–Kier alpha value is -1.06. The quantitative estimate of drug-likeness (QED) is 0.798. The minimum absolute atomic E-state index is 0.514. The topological polar surface area (TPSA) is 40.7 Å². The second-order valence-corrected chi connectivity index (χ2v) is 4.76. The predicted molar refractivity (Wildman–Crippen MR) is 65.9 cm³/mol. The fourth-order valence-electron chi connectivity index (χ4n) is 2.28. The van der Waals surface area contributed by atoms with Gasteiger partial charge in [0.15, 0.2) is 0 Å². The molecule has 0 spiro atoms. The van der Waals surface area contributed by atoms with Gasteiger partial charge in [0.2, 0.25) is 0 Å². The van der Waals surface area contributed by atoms with E-state index in [1.54, 1.807) is 0 Å². The van der Waals surface area contributed by atoms with Gasteiger partial charge in [-0.3, -0.25) is 0 Å². The van der Waals surface area contributed by atoms with E-state index < -0.39 is 0 Å². The van der Waals surface area contributed by atoms with Crippen molar-refractivity contribution in [2.75, 3.05) is 13.1 Å². The first-order valence-electron chi connectivity index (χ1n) is 5.69. The third-order valence-corrected chi connectivity index (χ3v) is 3.38. The molecule has 0 amide bonds. The molecule has 1 saturated heterocycles. The van der Waals surface area contributed by atoms with Crippen LogP contribution in [0.2, 0.25) is 5.02 Å². The smallest absolute Gasteiger partial charge is 0.111 e. The van der Waals surface area contributed by atoms with Gasteiger partial charge in [0.05, 0.1) is 11.0 Å². The molecule has 0 saturated carbocycles. The fraction of sp³-hybridized carbons (Fsp3) is 0.417. The first kappa shape index (κ1) is 10.1. The van der Waals surface area contributed by atoms with E-state index in [1.807, 2.05) is 18.2 Å². The molecule has 2 N–H and O–H groups in total. The van der Waals surface area contributed by atoms with Crippen molar-refractivity contribution >= 4 is 22.6 Å². The van der Waals surface area contributed by atoms with Gasteiger partial charge in [-0.05, 0) is 37.6 Å². The number of halogens is 1. The normalized spacial score (nSPS) is 21.4. The van der Waals surface area contributed by atoms with Gasteiger partial charge in [-0.1, -0.05) is 11.6 Å². The van der Waals surface area contributed by atoms with Crippen LogP contribution in [-0.2, 0) is 0 Å². The van der Waals surface area contributed by atoms with Gasteiger partial charge in [0.1, 0.15) is 5.82 Å². The summed E-state index contributed by atoms with van der Waals surface area (Å²) in [4.78, 5) is 7.99. The van der Waals surface area contributed by atoms with Crippen molar-refractivity contribution in [1.29, 1.82) is 0 Å². The number of benzene rings is 1. The van der Waals surface area contributed by atoms with Crippen molar-refractivity contribution in [3.63, 3.8) is 0 Å². The van der Waals surface area contributed by atoms with Crippen molar-refractivity contribution in [3.05, 3.63) is 29.0 Å². The largest absolute Gasteiger partial charge is 0.342 e. The van der Waals surface area contributed by atoms with Gasteiger partial charge in [-0.2, -0.15) is 0 Å². The third kappa shape index (κ3) is 1.81. The van der Waals surface area contributed by atoms with Gasteiger partial charge >= 0.3 is 0 Å². The number of nitrogens with zero attached hydrogens (tertiary/aromatic N) is 1. The molecule has 4 heteroatoms. The maximum absolute atomic E-state index is 5.95. The average molecular weight is 236 g/mol. The van der Waals surface area contributed by atoms with Gasteiger partial charge in [0, 0.05) is 17.5 Å². The molecule has 1 unspecified atom stereocenters. The van der Waals surface area contributed by atoms with Gasteiger partial charge in [0.25, 0.3) is 0 Å². The SMILES string of the molecule is Clc1ccc2nc(C3CCCNC3)[nH]c2c1. The summed E-state index contributed by atoms with van der Waals surface area (Å²) in [6, 6.07) is 5.78. The number of aromatic nitrogens is 2. The summed E-state index contributed by atoms with van der Waals surface area (Å²) in [6.45, 7) is 2.15. The number of hydrogen-bond acceptors (Lipinski definition) is 2. The molecule has 1 aliphatic rings. The summed E-state index contributed by atoms with van der Waals surface area (Å²) in [6.07, 6.45) is 2.43. The molecule has 0 bridgehead atoms. The van der Waals surface area contributed by atoms with Crippen molar-refractivity contribution in [2.24, 2.45) is 0 Å². The molecule has 2 heterocycles. The van der Waals surface area contributed by atoms with E-state index in [-0.39, 0.29) is 0 Å². The molecule has 1 aromatic carbocycles. The summed E-state index contributed by atoms with van der Waals surface area (Å²) in [5.74, 6) is 1.60. The average Bonchev–Trinajstić information content (AvgIpc) is 2.73. The van der Waals surface area contributed by atoms with E-state index in [1.165, 1.54) is 12.8 Å². The first-order valence-corrected chi connectivity index (χ1v) is 6.06. The van der Waals surface area contributed by atoms with Crippen LogP contribution in [0.15, 0.2) is 18.2 Å². The zero-order chi connectivity index (χ0) is 11.0. The van der Waals surface area contributed by atoms with E-state index >= 15 is 0 Å². The third-order valence-electron chi connectivity index (χ3n) is 3.15. The van der Waals surface area contributed by atoms with Gasteiger partial charge in [-0.15, -0.1) is 0 Å². The molecule has 16 heavy (non-hydrogen) atoms. The lowest BCUT2D eigenvalue weighted by Crippen LogP contribution is -2.28. The summed E-state index contributed by atoms with van der Waals surface area (Å²) in [5.41, 5.74) is 2.04. The summed E-state index contributed by atoms with van der Waals surface area (Å²) in [5, 5.41) is 4.16. The van der Waals surface area contributed by atoms with E-state index in [0.29, 0.717) is 5.92 Å². The molecule has 1 atom stereocenters. The fourth-order valence-corrected chi connectivity index (χ4v) is 2.45. The number of aromatic amines is 1. The first-order chi connectivity index (χ1) is 7.83. The van der Waals surface area contributed by atoms with E-state index in [2.05, 4.69) is 15.3 Å². The Labute approximate surface area is 99.2 Å². The molecule has 0 aliphatic carbocycles. The lowest BCUT2D eigenvalue weighted by Gasteiger charge is -2.20. The van der Waals surface area contributed by atoms with Crippen LogP contribution in [0.1, 0.15) is 24.6 Å². The molecular formula is C12H14ClN3. The molecule has 1 fully saturated rings. The Morgan fingerprint density at radius 3 is 3.12 bits per heavy atom. The number of hydrogen-bond donors (Lipinski definition) is 2. The molecule has 0 radical (unpaired) electrons. The zero-order valence-corrected chi connectivity index (χ0v) is 9.72. The molecule has 84 valence electrons. The van der Waals surface area contributed by atoms with Crippen LogP contribution in [0, 0.1) is 0 Å². The van der Waals surface area contributed by atoms with Gasteiger partial charge < -0.3 is 10.3 Å². The van der Waals surface area contributed by atoms with Crippen LogP contribution in [0.4, 0.5) is 0 Å². The van der Waals surface area contributed by atoms with Crippen LogP contribution >= 0.6 is 11.6 Å². The monoisotopic (exact) mass is 235 g/mol. The number of rotatable bonds is 1.